The first kappa shape index (κ1) is 27.1. The van der Waals surface area contributed by atoms with Crippen molar-refractivity contribution in [3.05, 3.63) is 70.4 Å². The smallest absolute Gasteiger partial charge is 0.183 e. The van der Waals surface area contributed by atoms with E-state index in [2.05, 4.69) is 27.7 Å². The first-order valence-electron chi connectivity index (χ1n) is 11.6. The maximum Gasteiger partial charge on any atom is 0.183 e. The monoisotopic (exact) mass is 507 g/mol. The summed E-state index contributed by atoms with van der Waals surface area (Å²) in [5.74, 6) is -3.83. The van der Waals surface area contributed by atoms with Gasteiger partial charge in [-0.15, -0.1) is 0 Å². The minimum Gasteiger partial charge on any atom is -0.383 e. The van der Waals surface area contributed by atoms with E-state index >= 15 is 13.2 Å². The maximum absolute atomic E-state index is 15.6. The van der Waals surface area contributed by atoms with E-state index in [4.69, 9.17) is 5.26 Å². The molecule has 0 bridgehead atoms. The van der Waals surface area contributed by atoms with Crippen LogP contribution in [0.1, 0.15) is 70.4 Å². The van der Waals surface area contributed by atoms with Gasteiger partial charge < -0.3 is 9.67 Å². The molecular weight excluding hydrogens is 476 g/mol. The maximum atomic E-state index is 15.6. The zero-order chi connectivity index (χ0) is 26.2. The normalized spacial score (nSPS) is 13.9. The van der Waals surface area contributed by atoms with Crippen molar-refractivity contribution in [3.8, 4) is 6.07 Å². The quantitative estimate of drug-likeness (QED) is 0.207. The van der Waals surface area contributed by atoms with E-state index < -0.39 is 34.9 Å². The molecule has 1 N–H and O–H groups in total. The number of benzene rings is 2. The number of rotatable bonds is 8. The van der Waals surface area contributed by atoms with Crippen molar-refractivity contribution in [1.82, 2.24) is 4.57 Å². The molecule has 0 saturated carbocycles. The standard InChI is InChI=1S/C27H31F4N2OS/c1-14(2)21(13-35(15(3)4)16(5)6)33-10-9-19-23(29)22(24(30)25(31)26(19)33)27(34)17-7-8-20(28)18(11-17)12-32/h7-11,14-16,21,27,34H,13H2,1-6H3/q+1/t21-,27?/m0/s1. The summed E-state index contributed by atoms with van der Waals surface area (Å²) in [7, 11) is 0.00694. The van der Waals surface area contributed by atoms with E-state index in [9.17, 15) is 9.50 Å². The number of halogens is 4. The molecule has 2 atom stereocenters. The number of hydrogen-bond acceptors (Lipinski definition) is 2. The van der Waals surface area contributed by atoms with Crippen LogP contribution in [0.4, 0.5) is 17.6 Å². The Kier molecular flexibility index (Phi) is 8.23. The number of nitriles is 1. The van der Waals surface area contributed by atoms with E-state index in [1.54, 1.807) is 16.8 Å². The number of hydrogen-bond donors (Lipinski definition) is 1. The SMILES string of the molecule is CC(C)[C@H](C[S+](C(C)C)C(C)C)n1ccc2c(F)c(C(O)c3ccc(F)c(C#N)c3)c(F)c(F)c21. The van der Waals surface area contributed by atoms with Crippen LogP contribution in [-0.2, 0) is 10.9 Å². The van der Waals surface area contributed by atoms with Crippen LogP contribution in [-0.4, -0.2) is 25.9 Å². The number of nitrogens with zero attached hydrogens (tertiary/aromatic N) is 2. The topological polar surface area (TPSA) is 49.0 Å². The van der Waals surface area contributed by atoms with Crippen LogP contribution in [0, 0.1) is 40.5 Å². The Bertz CT molecular complexity index is 1250. The fourth-order valence-corrected chi connectivity index (χ4v) is 7.32. The summed E-state index contributed by atoms with van der Waals surface area (Å²) in [6.07, 6.45) is -0.344. The fourth-order valence-electron chi connectivity index (χ4n) is 4.52. The summed E-state index contributed by atoms with van der Waals surface area (Å²) in [5.41, 5.74) is -1.55. The van der Waals surface area contributed by atoms with Crippen LogP contribution in [0.25, 0.3) is 10.9 Å². The van der Waals surface area contributed by atoms with Crippen LogP contribution in [0.15, 0.2) is 30.5 Å². The largest absolute Gasteiger partial charge is 0.383 e. The summed E-state index contributed by atoms with van der Waals surface area (Å²) in [5, 5.41) is 20.4. The van der Waals surface area contributed by atoms with E-state index in [0.29, 0.717) is 10.5 Å². The molecule has 0 fully saturated rings. The van der Waals surface area contributed by atoms with Crippen molar-refractivity contribution in [2.45, 2.75) is 64.2 Å². The average Bonchev–Trinajstić information content (AvgIpc) is 3.22. The lowest BCUT2D eigenvalue weighted by atomic mass is 9.97. The fraction of sp³-hybridized carbons (Fsp3) is 0.444. The predicted molar refractivity (Wildman–Crippen MR) is 133 cm³/mol. The molecule has 3 nitrogen and oxygen atoms in total. The molecule has 0 radical (unpaired) electrons. The third-order valence-corrected chi connectivity index (χ3v) is 9.57. The number of aliphatic hydroxyl groups excluding tert-OH is 1. The third-order valence-electron chi connectivity index (χ3n) is 6.43. The molecule has 0 aliphatic carbocycles. The van der Waals surface area contributed by atoms with E-state index in [0.717, 1.165) is 24.0 Å². The molecule has 0 saturated heterocycles. The third kappa shape index (κ3) is 5.07. The highest BCUT2D eigenvalue weighted by Gasteiger charge is 2.35. The molecule has 2 aromatic carbocycles. The molecule has 0 spiro atoms. The van der Waals surface area contributed by atoms with Gasteiger partial charge in [0.15, 0.2) is 11.6 Å². The minimum atomic E-state index is -1.92. The molecule has 0 aliphatic heterocycles. The molecule has 3 aromatic rings. The number of aromatic nitrogens is 1. The molecule has 1 aromatic heterocycles. The van der Waals surface area contributed by atoms with Gasteiger partial charge in [0.1, 0.15) is 40.1 Å². The Morgan fingerprint density at radius 2 is 1.57 bits per heavy atom. The van der Waals surface area contributed by atoms with Crippen LogP contribution in [0.3, 0.4) is 0 Å². The van der Waals surface area contributed by atoms with Gasteiger partial charge in [0, 0.05) is 11.6 Å². The Labute approximate surface area is 206 Å². The van der Waals surface area contributed by atoms with Crippen molar-refractivity contribution in [1.29, 1.82) is 5.26 Å². The van der Waals surface area contributed by atoms with Gasteiger partial charge in [-0.1, -0.05) is 19.9 Å². The van der Waals surface area contributed by atoms with Gasteiger partial charge in [0.05, 0.1) is 22.7 Å². The molecule has 3 rings (SSSR count). The van der Waals surface area contributed by atoms with Crippen molar-refractivity contribution in [3.63, 3.8) is 0 Å². The molecule has 8 heteroatoms. The Morgan fingerprint density at radius 3 is 2.11 bits per heavy atom. The average molecular weight is 508 g/mol. The molecule has 0 amide bonds. The lowest BCUT2D eigenvalue weighted by Crippen LogP contribution is -2.34. The van der Waals surface area contributed by atoms with Crippen molar-refractivity contribution in [2.75, 3.05) is 5.75 Å². The highest BCUT2D eigenvalue weighted by molar-refractivity contribution is 7.97. The molecule has 35 heavy (non-hydrogen) atoms. The lowest BCUT2D eigenvalue weighted by molar-refractivity contribution is 0.207. The number of aliphatic hydroxyl groups is 1. The second-order valence-electron chi connectivity index (χ2n) is 9.64. The van der Waals surface area contributed by atoms with Gasteiger partial charge in [-0.05, 0) is 68.3 Å². The lowest BCUT2D eigenvalue weighted by Gasteiger charge is -2.27. The Morgan fingerprint density at radius 1 is 0.943 bits per heavy atom. The van der Waals surface area contributed by atoms with Gasteiger partial charge in [-0.3, -0.25) is 0 Å². The van der Waals surface area contributed by atoms with E-state index in [-0.39, 0.29) is 44.9 Å². The van der Waals surface area contributed by atoms with Crippen LogP contribution in [0.2, 0.25) is 0 Å². The zero-order valence-corrected chi connectivity index (χ0v) is 21.6. The van der Waals surface area contributed by atoms with Crippen LogP contribution < -0.4 is 0 Å². The van der Waals surface area contributed by atoms with Crippen molar-refractivity contribution < 1.29 is 22.7 Å². The Hall–Kier alpha value is -2.50. The molecule has 0 aliphatic rings. The highest BCUT2D eigenvalue weighted by Crippen LogP contribution is 2.37. The van der Waals surface area contributed by atoms with E-state index in [1.807, 2.05) is 13.8 Å². The minimum absolute atomic E-state index is 0.00694. The van der Waals surface area contributed by atoms with Crippen molar-refractivity contribution >= 4 is 21.8 Å². The van der Waals surface area contributed by atoms with Gasteiger partial charge in [-0.2, -0.15) is 5.26 Å². The van der Waals surface area contributed by atoms with Crippen molar-refractivity contribution in [2.24, 2.45) is 5.92 Å². The number of fused-ring (bicyclic) bond motifs is 1. The summed E-state index contributed by atoms with van der Waals surface area (Å²) >= 11 is 0. The second-order valence-corrected chi connectivity index (χ2v) is 12.8. The Balaban J connectivity index is 2.16. The first-order valence-corrected chi connectivity index (χ1v) is 13.2. The van der Waals surface area contributed by atoms with Crippen LogP contribution in [0.5, 0.6) is 0 Å². The zero-order valence-electron chi connectivity index (χ0n) is 20.7. The van der Waals surface area contributed by atoms with Gasteiger partial charge >= 0.3 is 0 Å². The predicted octanol–water partition coefficient (Wildman–Crippen LogP) is 6.78. The van der Waals surface area contributed by atoms with Gasteiger partial charge in [-0.25, -0.2) is 17.6 Å². The summed E-state index contributed by atoms with van der Waals surface area (Å²) in [4.78, 5) is 0. The second kappa shape index (κ2) is 10.6. The van der Waals surface area contributed by atoms with Gasteiger partial charge in [0.2, 0.25) is 0 Å². The summed E-state index contributed by atoms with van der Waals surface area (Å²) in [6.45, 7) is 12.6. The molecule has 1 heterocycles. The van der Waals surface area contributed by atoms with Crippen LogP contribution >= 0.6 is 0 Å². The molecular formula is C27H31F4N2OS+. The van der Waals surface area contributed by atoms with Gasteiger partial charge in [0.25, 0.3) is 0 Å². The van der Waals surface area contributed by atoms with E-state index in [1.165, 1.54) is 6.07 Å². The molecule has 188 valence electrons. The first-order chi connectivity index (χ1) is 16.4. The molecule has 1 unspecified atom stereocenters. The summed E-state index contributed by atoms with van der Waals surface area (Å²) in [6, 6.07) is 5.87. The summed E-state index contributed by atoms with van der Waals surface area (Å²) < 4.78 is 61.7. The highest BCUT2D eigenvalue weighted by atomic mass is 32.2.